The molecule has 1 saturated carbocycles. The summed E-state index contributed by atoms with van der Waals surface area (Å²) in [5.41, 5.74) is 1.23. The van der Waals surface area contributed by atoms with E-state index in [0.29, 0.717) is 0 Å². The van der Waals surface area contributed by atoms with Crippen LogP contribution in [0.5, 0.6) is 5.75 Å². The summed E-state index contributed by atoms with van der Waals surface area (Å²) in [6, 6.07) is 8.45. The van der Waals surface area contributed by atoms with Gasteiger partial charge in [-0.05, 0) is 44.4 Å². The quantitative estimate of drug-likeness (QED) is 0.812. The van der Waals surface area contributed by atoms with Crippen LogP contribution in [0.4, 0.5) is 0 Å². The summed E-state index contributed by atoms with van der Waals surface area (Å²) in [4.78, 5) is 0. The highest BCUT2D eigenvalue weighted by Gasteiger charge is 2.20. The average molecular weight is 277 g/mol. The Kier molecular flexibility index (Phi) is 5.86. The number of aliphatic hydroxyl groups is 1. The summed E-state index contributed by atoms with van der Waals surface area (Å²) in [7, 11) is 0. The van der Waals surface area contributed by atoms with Crippen LogP contribution in [0, 0.1) is 0 Å². The van der Waals surface area contributed by atoms with E-state index in [1.807, 2.05) is 26.0 Å². The third-order valence-electron chi connectivity index (χ3n) is 3.84. The fraction of sp³-hybridized carbons (Fsp3) is 0.647. The standard InChI is InChI=1S/C17H27NO2/c1-13(2)20-15-10-8-14(9-11-15)12-18-16-6-4-3-5-7-17(16)19/h8-11,13,16-19H,3-7,12H2,1-2H3. The maximum atomic E-state index is 10.1. The molecule has 2 rings (SSSR count). The third kappa shape index (κ3) is 4.80. The highest BCUT2D eigenvalue weighted by Crippen LogP contribution is 2.19. The molecular formula is C17H27NO2. The molecule has 0 saturated heterocycles. The molecule has 1 fully saturated rings. The number of aliphatic hydroxyl groups excluding tert-OH is 1. The number of ether oxygens (including phenoxy) is 1. The summed E-state index contributed by atoms with van der Waals surface area (Å²) in [6.45, 7) is 4.87. The molecule has 0 heterocycles. The van der Waals surface area contributed by atoms with Gasteiger partial charge < -0.3 is 15.2 Å². The molecule has 0 bridgehead atoms. The van der Waals surface area contributed by atoms with Crippen molar-refractivity contribution in [3.63, 3.8) is 0 Å². The average Bonchev–Trinajstić information content (AvgIpc) is 2.62. The van der Waals surface area contributed by atoms with Crippen molar-refractivity contribution in [2.75, 3.05) is 0 Å². The molecule has 20 heavy (non-hydrogen) atoms. The van der Waals surface area contributed by atoms with Crippen LogP contribution < -0.4 is 10.1 Å². The lowest BCUT2D eigenvalue weighted by atomic mass is 10.1. The molecular weight excluding hydrogens is 250 g/mol. The summed E-state index contributed by atoms with van der Waals surface area (Å²) < 4.78 is 5.64. The molecule has 0 aromatic heterocycles. The molecule has 112 valence electrons. The van der Waals surface area contributed by atoms with Crippen LogP contribution in [0.2, 0.25) is 0 Å². The van der Waals surface area contributed by atoms with Crippen LogP contribution in [0.25, 0.3) is 0 Å². The van der Waals surface area contributed by atoms with Crippen LogP contribution in [0.3, 0.4) is 0 Å². The van der Waals surface area contributed by atoms with Crippen molar-refractivity contribution in [2.24, 2.45) is 0 Å². The summed E-state index contributed by atoms with van der Waals surface area (Å²) in [6.07, 6.45) is 5.64. The van der Waals surface area contributed by atoms with E-state index in [4.69, 9.17) is 4.74 Å². The van der Waals surface area contributed by atoms with E-state index in [2.05, 4.69) is 17.4 Å². The van der Waals surface area contributed by atoms with Gasteiger partial charge in [0, 0.05) is 12.6 Å². The largest absolute Gasteiger partial charge is 0.491 e. The SMILES string of the molecule is CC(C)Oc1ccc(CNC2CCCCCC2O)cc1. The highest BCUT2D eigenvalue weighted by molar-refractivity contribution is 5.27. The molecule has 0 radical (unpaired) electrons. The van der Waals surface area contributed by atoms with Crippen molar-refractivity contribution in [1.29, 1.82) is 0 Å². The van der Waals surface area contributed by atoms with Crippen LogP contribution >= 0.6 is 0 Å². The van der Waals surface area contributed by atoms with Crippen LogP contribution in [0.15, 0.2) is 24.3 Å². The molecule has 3 heteroatoms. The smallest absolute Gasteiger partial charge is 0.119 e. The van der Waals surface area contributed by atoms with Crippen molar-refractivity contribution in [1.82, 2.24) is 5.32 Å². The predicted octanol–water partition coefficient (Wildman–Crippen LogP) is 3.26. The van der Waals surface area contributed by atoms with Gasteiger partial charge in [0.05, 0.1) is 12.2 Å². The normalized spacial score (nSPS) is 23.6. The minimum atomic E-state index is -0.193. The molecule has 3 nitrogen and oxygen atoms in total. The number of hydrogen-bond acceptors (Lipinski definition) is 3. The molecule has 2 unspecified atom stereocenters. The number of rotatable bonds is 5. The maximum Gasteiger partial charge on any atom is 0.119 e. The minimum absolute atomic E-state index is 0.193. The zero-order valence-electron chi connectivity index (χ0n) is 12.6. The van der Waals surface area contributed by atoms with Gasteiger partial charge in [0.15, 0.2) is 0 Å². The van der Waals surface area contributed by atoms with Gasteiger partial charge in [-0.3, -0.25) is 0 Å². The van der Waals surface area contributed by atoms with Crippen molar-refractivity contribution in [3.05, 3.63) is 29.8 Å². The van der Waals surface area contributed by atoms with Gasteiger partial charge in [0.25, 0.3) is 0 Å². The van der Waals surface area contributed by atoms with E-state index >= 15 is 0 Å². The zero-order chi connectivity index (χ0) is 14.4. The second-order valence-corrected chi connectivity index (χ2v) is 6.00. The van der Waals surface area contributed by atoms with Crippen molar-refractivity contribution >= 4 is 0 Å². The Bertz CT molecular complexity index is 388. The Morgan fingerprint density at radius 3 is 2.55 bits per heavy atom. The van der Waals surface area contributed by atoms with Gasteiger partial charge in [-0.2, -0.15) is 0 Å². The number of benzene rings is 1. The van der Waals surface area contributed by atoms with Gasteiger partial charge in [0.2, 0.25) is 0 Å². The molecule has 1 aromatic rings. The van der Waals surface area contributed by atoms with E-state index in [9.17, 15) is 5.11 Å². The van der Waals surface area contributed by atoms with E-state index in [-0.39, 0.29) is 18.2 Å². The summed E-state index contributed by atoms with van der Waals surface area (Å²) in [5, 5.41) is 13.6. The molecule has 1 aliphatic carbocycles. The van der Waals surface area contributed by atoms with Gasteiger partial charge in [-0.15, -0.1) is 0 Å². The molecule has 1 aliphatic rings. The second kappa shape index (κ2) is 7.65. The van der Waals surface area contributed by atoms with E-state index in [1.54, 1.807) is 0 Å². The summed E-state index contributed by atoms with van der Waals surface area (Å²) in [5.74, 6) is 0.915. The monoisotopic (exact) mass is 277 g/mol. The van der Waals surface area contributed by atoms with Gasteiger partial charge >= 0.3 is 0 Å². The van der Waals surface area contributed by atoms with E-state index in [0.717, 1.165) is 31.6 Å². The van der Waals surface area contributed by atoms with Crippen LogP contribution in [-0.2, 0) is 6.54 Å². The molecule has 2 atom stereocenters. The fourth-order valence-corrected chi connectivity index (χ4v) is 2.73. The topological polar surface area (TPSA) is 41.5 Å². The minimum Gasteiger partial charge on any atom is -0.491 e. The van der Waals surface area contributed by atoms with Gasteiger partial charge in [0.1, 0.15) is 5.75 Å². The third-order valence-corrected chi connectivity index (χ3v) is 3.84. The lowest BCUT2D eigenvalue weighted by molar-refractivity contribution is 0.119. The lowest BCUT2D eigenvalue weighted by Crippen LogP contribution is -2.38. The Morgan fingerprint density at radius 1 is 1.15 bits per heavy atom. The van der Waals surface area contributed by atoms with E-state index in [1.165, 1.54) is 18.4 Å². The molecule has 2 N–H and O–H groups in total. The van der Waals surface area contributed by atoms with Crippen molar-refractivity contribution in [2.45, 2.75) is 70.7 Å². The Labute approximate surface area is 122 Å². The van der Waals surface area contributed by atoms with Crippen molar-refractivity contribution < 1.29 is 9.84 Å². The van der Waals surface area contributed by atoms with Crippen LogP contribution in [-0.4, -0.2) is 23.4 Å². The molecule has 1 aromatic carbocycles. The predicted molar refractivity (Wildman–Crippen MR) is 81.9 cm³/mol. The molecule has 0 aliphatic heterocycles. The molecule has 0 amide bonds. The van der Waals surface area contributed by atoms with Gasteiger partial charge in [-0.1, -0.05) is 31.4 Å². The first kappa shape index (κ1) is 15.3. The highest BCUT2D eigenvalue weighted by atomic mass is 16.5. The fourth-order valence-electron chi connectivity index (χ4n) is 2.73. The first-order chi connectivity index (χ1) is 9.65. The zero-order valence-corrected chi connectivity index (χ0v) is 12.6. The van der Waals surface area contributed by atoms with Crippen LogP contribution in [0.1, 0.15) is 51.5 Å². The number of nitrogens with one attached hydrogen (secondary N) is 1. The number of hydrogen-bond donors (Lipinski definition) is 2. The van der Waals surface area contributed by atoms with E-state index < -0.39 is 0 Å². The first-order valence-electron chi connectivity index (χ1n) is 7.82. The second-order valence-electron chi connectivity index (χ2n) is 6.00. The molecule has 0 spiro atoms. The van der Waals surface area contributed by atoms with Crippen molar-refractivity contribution in [3.8, 4) is 5.75 Å². The maximum absolute atomic E-state index is 10.1. The van der Waals surface area contributed by atoms with Gasteiger partial charge in [-0.25, -0.2) is 0 Å². The lowest BCUT2D eigenvalue weighted by Gasteiger charge is -2.22. The first-order valence-corrected chi connectivity index (χ1v) is 7.82. The Morgan fingerprint density at radius 2 is 1.85 bits per heavy atom. The summed E-state index contributed by atoms with van der Waals surface area (Å²) >= 11 is 0. The Balaban J connectivity index is 1.83. The Hall–Kier alpha value is -1.06.